The molecule has 0 bridgehead atoms. The van der Waals surface area contributed by atoms with Gasteiger partial charge in [-0.15, -0.1) is 0 Å². The van der Waals surface area contributed by atoms with Crippen molar-refractivity contribution in [1.82, 2.24) is 0 Å². The normalized spacial score (nSPS) is 25.1. The van der Waals surface area contributed by atoms with Gasteiger partial charge in [-0.25, -0.2) is 8.78 Å². The molecule has 1 nitrogen and oxygen atoms in total. The SMILES string of the molecule is CCC1SCc2cc(F)cc(F)c2C1N. The van der Waals surface area contributed by atoms with Crippen LogP contribution in [0.5, 0.6) is 0 Å². The second-order valence-electron chi connectivity index (χ2n) is 3.74. The van der Waals surface area contributed by atoms with Gasteiger partial charge in [0.15, 0.2) is 0 Å². The Balaban J connectivity index is 2.47. The minimum Gasteiger partial charge on any atom is -0.323 e. The first-order chi connectivity index (χ1) is 7.13. The van der Waals surface area contributed by atoms with Gasteiger partial charge < -0.3 is 5.73 Å². The van der Waals surface area contributed by atoms with Gasteiger partial charge in [-0.2, -0.15) is 11.8 Å². The molecule has 1 aromatic carbocycles. The van der Waals surface area contributed by atoms with Crippen molar-refractivity contribution in [3.63, 3.8) is 0 Å². The molecular formula is C11H13F2NS. The lowest BCUT2D eigenvalue weighted by molar-refractivity contribution is 0.537. The summed E-state index contributed by atoms with van der Waals surface area (Å²) >= 11 is 1.67. The molecule has 2 unspecified atom stereocenters. The molecule has 15 heavy (non-hydrogen) atoms. The zero-order chi connectivity index (χ0) is 11.0. The molecule has 0 radical (unpaired) electrons. The maximum atomic E-state index is 13.6. The van der Waals surface area contributed by atoms with Crippen LogP contribution in [0.15, 0.2) is 12.1 Å². The molecule has 0 fully saturated rings. The van der Waals surface area contributed by atoms with Crippen molar-refractivity contribution in [2.45, 2.75) is 30.4 Å². The van der Waals surface area contributed by atoms with Gasteiger partial charge in [-0.3, -0.25) is 0 Å². The lowest BCUT2D eigenvalue weighted by Gasteiger charge is -2.30. The number of thioether (sulfide) groups is 1. The van der Waals surface area contributed by atoms with Gasteiger partial charge in [0, 0.05) is 28.7 Å². The van der Waals surface area contributed by atoms with E-state index in [1.165, 1.54) is 6.07 Å². The fourth-order valence-corrected chi connectivity index (χ4v) is 3.20. The summed E-state index contributed by atoms with van der Waals surface area (Å²) in [4.78, 5) is 0. The highest BCUT2D eigenvalue weighted by Gasteiger charge is 2.29. The molecule has 0 spiro atoms. The second kappa shape index (κ2) is 4.10. The van der Waals surface area contributed by atoms with Gasteiger partial charge in [-0.05, 0) is 18.1 Å². The van der Waals surface area contributed by atoms with Crippen LogP contribution in [0.25, 0.3) is 0 Å². The van der Waals surface area contributed by atoms with Gasteiger partial charge >= 0.3 is 0 Å². The van der Waals surface area contributed by atoms with Gasteiger partial charge in [0.25, 0.3) is 0 Å². The van der Waals surface area contributed by atoms with Crippen molar-refractivity contribution in [3.05, 3.63) is 34.9 Å². The van der Waals surface area contributed by atoms with E-state index in [1.807, 2.05) is 6.92 Å². The lowest BCUT2D eigenvalue weighted by atomic mass is 9.96. The van der Waals surface area contributed by atoms with Crippen LogP contribution in [0, 0.1) is 11.6 Å². The van der Waals surface area contributed by atoms with E-state index in [0.717, 1.165) is 12.5 Å². The topological polar surface area (TPSA) is 26.0 Å². The summed E-state index contributed by atoms with van der Waals surface area (Å²) < 4.78 is 26.5. The third-order valence-electron chi connectivity index (χ3n) is 2.77. The van der Waals surface area contributed by atoms with Crippen molar-refractivity contribution in [3.8, 4) is 0 Å². The van der Waals surface area contributed by atoms with Crippen molar-refractivity contribution >= 4 is 11.8 Å². The Morgan fingerprint density at radius 1 is 1.47 bits per heavy atom. The van der Waals surface area contributed by atoms with E-state index in [2.05, 4.69) is 0 Å². The summed E-state index contributed by atoms with van der Waals surface area (Å²) in [6, 6.07) is 1.99. The molecule has 1 aliphatic heterocycles. The van der Waals surface area contributed by atoms with Gasteiger partial charge in [-0.1, -0.05) is 6.92 Å². The summed E-state index contributed by atoms with van der Waals surface area (Å²) in [5, 5.41) is 0.234. The molecule has 2 rings (SSSR count). The number of fused-ring (bicyclic) bond motifs is 1. The number of benzene rings is 1. The molecule has 0 saturated heterocycles. The van der Waals surface area contributed by atoms with E-state index in [4.69, 9.17) is 5.73 Å². The summed E-state index contributed by atoms with van der Waals surface area (Å²) in [5.41, 5.74) is 7.17. The molecule has 1 aromatic rings. The Hall–Kier alpha value is -0.610. The van der Waals surface area contributed by atoms with E-state index >= 15 is 0 Å². The van der Waals surface area contributed by atoms with Crippen LogP contribution in [0.4, 0.5) is 8.78 Å². The number of hydrogen-bond acceptors (Lipinski definition) is 2. The van der Waals surface area contributed by atoms with Crippen LogP contribution < -0.4 is 5.73 Å². The van der Waals surface area contributed by atoms with Crippen LogP contribution in [-0.2, 0) is 5.75 Å². The minimum absolute atomic E-state index is 0.234. The zero-order valence-corrected chi connectivity index (χ0v) is 9.28. The third kappa shape index (κ3) is 1.88. The number of nitrogens with two attached hydrogens (primary N) is 1. The van der Waals surface area contributed by atoms with Gasteiger partial charge in [0.2, 0.25) is 0 Å². The Morgan fingerprint density at radius 2 is 2.20 bits per heavy atom. The molecule has 1 aliphatic rings. The summed E-state index contributed by atoms with van der Waals surface area (Å²) in [6.45, 7) is 2.03. The third-order valence-corrected chi connectivity index (χ3v) is 4.30. The van der Waals surface area contributed by atoms with E-state index in [-0.39, 0.29) is 11.3 Å². The first-order valence-electron chi connectivity index (χ1n) is 4.98. The molecule has 0 amide bonds. The minimum atomic E-state index is -0.519. The van der Waals surface area contributed by atoms with Gasteiger partial charge in [0.05, 0.1) is 0 Å². The smallest absolute Gasteiger partial charge is 0.131 e. The molecular weight excluding hydrogens is 216 g/mol. The quantitative estimate of drug-likeness (QED) is 0.801. The van der Waals surface area contributed by atoms with E-state index < -0.39 is 11.6 Å². The molecule has 0 aliphatic carbocycles. The number of halogens is 2. The van der Waals surface area contributed by atoms with Crippen LogP contribution in [0.1, 0.15) is 30.5 Å². The summed E-state index contributed by atoms with van der Waals surface area (Å²) in [5.74, 6) is -0.374. The first kappa shape index (κ1) is 10.9. The zero-order valence-electron chi connectivity index (χ0n) is 8.47. The summed E-state index contributed by atoms with van der Waals surface area (Å²) in [7, 11) is 0. The van der Waals surface area contributed by atoms with Crippen molar-refractivity contribution in [2.75, 3.05) is 0 Å². The Kier molecular flexibility index (Phi) is 2.98. The maximum Gasteiger partial charge on any atom is 0.131 e. The Bertz CT molecular complexity index is 381. The molecule has 0 saturated carbocycles. The Morgan fingerprint density at radius 3 is 2.87 bits per heavy atom. The maximum absolute atomic E-state index is 13.6. The van der Waals surface area contributed by atoms with E-state index in [1.54, 1.807) is 11.8 Å². The molecule has 0 aromatic heterocycles. The molecule has 1 heterocycles. The largest absolute Gasteiger partial charge is 0.323 e. The van der Waals surface area contributed by atoms with Gasteiger partial charge in [0.1, 0.15) is 11.6 Å². The van der Waals surface area contributed by atoms with E-state index in [9.17, 15) is 8.78 Å². The average molecular weight is 229 g/mol. The first-order valence-corrected chi connectivity index (χ1v) is 6.03. The van der Waals surface area contributed by atoms with E-state index in [0.29, 0.717) is 16.9 Å². The predicted molar refractivity (Wildman–Crippen MR) is 58.7 cm³/mol. The van der Waals surface area contributed by atoms with Crippen LogP contribution in [0.3, 0.4) is 0 Å². The second-order valence-corrected chi connectivity index (χ2v) is 4.97. The standard InChI is InChI=1S/C11H13F2NS/c1-2-9-11(14)10-6(5-15-9)3-7(12)4-8(10)13/h3-4,9,11H,2,5,14H2,1H3. The highest BCUT2D eigenvalue weighted by Crippen LogP contribution is 2.39. The molecule has 82 valence electrons. The van der Waals surface area contributed by atoms with Crippen LogP contribution in [-0.4, -0.2) is 5.25 Å². The van der Waals surface area contributed by atoms with Crippen molar-refractivity contribution in [1.29, 1.82) is 0 Å². The average Bonchev–Trinajstić information content (AvgIpc) is 2.17. The highest BCUT2D eigenvalue weighted by molar-refractivity contribution is 7.99. The number of rotatable bonds is 1. The molecule has 2 N–H and O–H groups in total. The highest BCUT2D eigenvalue weighted by atomic mass is 32.2. The number of hydrogen-bond donors (Lipinski definition) is 1. The fourth-order valence-electron chi connectivity index (χ4n) is 1.99. The summed E-state index contributed by atoms with van der Waals surface area (Å²) in [6.07, 6.45) is 0.905. The lowest BCUT2D eigenvalue weighted by Crippen LogP contribution is -2.29. The Labute approximate surface area is 92.0 Å². The van der Waals surface area contributed by atoms with Crippen LogP contribution >= 0.6 is 11.8 Å². The van der Waals surface area contributed by atoms with Crippen LogP contribution in [0.2, 0.25) is 0 Å². The molecule has 4 heteroatoms. The monoisotopic (exact) mass is 229 g/mol. The fraction of sp³-hybridized carbons (Fsp3) is 0.455. The van der Waals surface area contributed by atoms with Crippen molar-refractivity contribution < 1.29 is 8.78 Å². The molecule has 2 atom stereocenters. The van der Waals surface area contributed by atoms with Crippen molar-refractivity contribution in [2.24, 2.45) is 5.73 Å². The predicted octanol–water partition coefficient (Wildman–Crippen LogP) is 2.99.